The van der Waals surface area contributed by atoms with Gasteiger partial charge in [0.25, 0.3) is 5.91 Å². The summed E-state index contributed by atoms with van der Waals surface area (Å²) in [5.41, 5.74) is 1.46. The van der Waals surface area contributed by atoms with Crippen LogP contribution in [0.25, 0.3) is 11.0 Å². The van der Waals surface area contributed by atoms with E-state index in [9.17, 15) is 4.79 Å². The van der Waals surface area contributed by atoms with Crippen molar-refractivity contribution in [1.29, 1.82) is 0 Å². The fourth-order valence-electron chi connectivity index (χ4n) is 4.75. The Labute approximate surface area is 193 Å². The second-order valence-corrected chi connectivity index (χ2v) is 9.10. The minimum Gasteiger partial charge on any atom is -0.487 e. The summed E-state index contributed by atoms with van der Waals surface area (Å²) < 4.78 is 8.12. The molecule has 2 N–H and O–H groups in total. The smallest absolute Gasteiger partial charge is 0.270 e. The van der Waals surface area contributed by atoms with E-state index in [1.165, 1.54) is 12.8 Å². The number of carbonyl (C=O) groups excluding carboxylic acids is 1. The summed E-state index contributed by atoms with van der Waals surface area (Å²) >= 11 is 0. The van der Waals surface area contributed by atoms with E-state index in [4.69, 9.17) is 9.72 Å². The predicted molar refractivity (Wildman–Crippen MR) is 127 cm³/mol. The van der Waals surface area contributed by atoms with E-state index in [0.717, 1.165) is 55.6 Å². The number of carbonyl (C=O) groups is 1. The van der Waals surface area contributed by atoms with Gasteiger partial charge in [-0.2, -0.15) is 4.98 Å². The van der Waals surface area contributed by atoms with Gasteiger partial charge in [0.1, 0.15) is 29.0 Å². The standard InChI is InChI=1S/C24H31N7O2/c1-30(2)23(32)20-12-16-13-27-24(29-22(16)31(20)17-6-3-4-7-17)28-21-10-9-19(15-26-21)33-18-8-5-11-25-14-18/h9-10,12-13,15,17-18,25H,3-8,11,14H2,1-2H3,(H,26,27,28,29). The molecule has 0 aromatic carbocycles. The Hall–Kier alpha value is -3.20. The Kier molecular flexibility index (Phi) is 6.13. The molecular formula is C24H31N7O2. The van der Waals surface area contributed by atoms with Crippen molar-refractivity contribution in [3.63, 3.8) is 0 Å². The molecule has 5 rings (SSSR count). The highest BCUT2D eigenvalue weighted by Gasteiger charge is 2.26. The summed E-state index contributed by atoms with van der Waals surface area (Å²) in [6, 6.07) is 5.98. The number of fused-ring (bicyclic) bond motifs is 1. The van der Waals surface area contributed by atoms with Crippen molar-refractivity contribution >= 4 is 28.7 Å². The molecule has 1 saturated heterocycles. The predicted octanol–water partition coefficient (Wildman–Crippen LogP) is 3.52. The molecule has 174 valence electrons. The molecule has 2 aliphatic rings. The lowest BCUT2D eigenvalue weighted by molar-refractivity contribution is 0.0815. The second kappa shape index (κ2) is 9.35. The van der Waals surface area contributed by atoms with Crippen molar-refractivity contribution in [2.45, 2.75) is 50.7 Å². The average molecular weight is 450 g/mol. The highest BCUT2D eigenvalue weighted by molar-refractivity contribution is 5.97. The lowest BCUT2D eigenvalue weighted by Gasteiger charge is -2.23. The Bertz CT molecular complexity index is 1110. The van der Waals surface area contributed by atoms with Gasteiger partial charge in [0.05, 0.1) is 6.20 Å². The SMILES string of the molecule is CN(C)C(=O)c1cc2cnc(Nc3ccc(OC4CCCNC4)cn3)nc2n1C1CCCC1. The number of nitrogens with zero attached hydrogens (tertiary/aromatic N) is 5. The molecule has 2 fully saturated rings. The minimum absolute atomic E-state index is 0.0140. The van der Waals surface area contributed by atoms with Crippen molar-refractivity contribution in [2.75, 3.05) is 32.5 Å². The van der Waals surface area contributed by atoms with Gasteiger partial charge in [-0.05, 0) is 50.4 Å². The summed E-state index contributed by atoms with van der Waals surface area (Å²) in [5.74, 6) is 1.85. The van der Waals surface area contributed by atoms with Gasteiger partial charge in [-0.3, -0.25) is 4.79 Å². The van der Waals surface area contributed by atoms with E-state index in [1.54, 1.807) is 31.4 Å². The van der Waals surface area contributed by atoms with Gasteiger partial charge in [0, 0.05) is 38.3 Å². The normalized spacial score (nSPS) is 19.0. The van der Waals surface area contributed by atoms with Crippen LogP contribution in [0.4, 0.5) is 11.8 Å². The van der Waals surface area contributed by atoms with Crippen molar-refractivity contribution in [3.05, 3.63) is 36.3 Å². The molecule has 1 saturated carbocycles. The maximum atomic E-state index is 12.9. The van der Waals surface area contributed by atoms with Gasteiger partial charge in [0.15, 0.2) is 0 Å². The molecule has 0 bridgehead atoms. The first-order chi connectivity index (χ1) is 16.1. The number of amides is 1. The first-order valence-corrected chi connectivity index (χ1v) is 11.8. The van der Waals surface area contributed by atoms with Crippen LogP contribution in [0.3, 0.4) is 0 Å². The van der Waals surface area contributed by atoms with Crippen LogP contribution >= 0.6 is 0 Å². The maximum Gasteiger partial charge on any atom is 0.270 e. The first-order valence-electron chi connectivity index (χ1n) is 11.8. The van der Waals surface area contributed by atoms with Crippen LogP contribution in [0.1, 0.15) is 55.1 Å². The molecular weight excluding hydrogens is 418 g/mol. The van der Waals surface area contributed by atoms with Crippen LogP contribution in [0.5, 0.6) is 5.75 Å². The number of piperidine rings is 1. The molecule has 1 unspecified atom stereocenters. The number of anilines is 2. The van der Waals surface area contributed by atoms with E-state index in [0.29, 0.717) is 17.5 Å². The highest BCUT2D eigenvalue weighted by Crippen LogP contribution is 2.35. The summed E-state index contributed by atoms with van der Waals surface area (Å²) in [5, 5.41) is 7.42. The van der Waals surface area contributed by atoms with Crippen LogP contribution in [-0.2, 0) is 0 Å². The van der Waals surface area contributed by atoms with Crippen molar-refractivity contribution in [2.24, 2.45) is 0 Å². The van der Waals surface area contributed by atoms with Crippen molar-refractivity contribution < 1.29 is 9.53 Å². The first kappa shape index (κ1) is 21.6. The Morgan fingerprint density at radius 2 is 2.00 bits per heavy atom. The Balaban J connectivity index is 1.38. The Morgan fingerprint density at radius 3 is 2.70 bits per heavy atom. The Morgan fingerprint density at radius 1 is 1.15 bits per heavy atom. The monoisotopic (exact) mass is 449 g/mol. The maximum absolute atomic E-state index is 12.9. The minimum atomic E-state index is -0.0140. The number of ether oxygens (including phenoxy) is 1. The van der Waals surface area contributed by atoms with Gasteiger partial charge >= 0.3 is 0 Å². The van der Waals surface area contributed by atoms with Gasteiger partial charge in [0.2, 0.25) is 5.95 Å². The van der Waals surface area contributed by atoms with Crippen LogP contribution in [0.2, 0.25) is 0 Å². The molecule has 33 heavy (non-hydrogen) atoms. The highest BCUT2D eigenvalue weighted by atomic mass is 16.5. The molecule has 0 radical (unpaired) electrons. The molecule has 4 heterocycles. The molecule has 3 aromatic heterocycles. The van der Waals surface area contributed by atoms with E-state index in [2.05, 4.69) is 25.2 Å². The van der Waals surface area contributed by atoms with Crippen LogP contribution < -0.4 is 15.4 Å². The molecule has 9 nitrogen and oxygen atoms in total. The van der Waals surface area contributed by atoms with E-state index in [1.807, 2.05) is 18.2 Å². The van der Waals surface area contributed by atoms with E-state index >= 15 is 0 Å². The fourth-order valence-corrected chi connectivity index (χ4v) is 4.75. The number of hydrogen-bond donors (Lipinski definition) is 2. The number of aromatic nitrogens is 4. The van der Waals surface area contributed by atoms with Crippen LogP contribution in [0, 0.1) is 0 Å². The van der Waals surface area contributed by atoms with Crippen molar-refractivity contribution in [1.82, 2.24) is 29.7 Å². The molecule has 0 spiro atoms. The molecule has 1 aliphatic carbocycles. The third-order valence-electron chi connectivity index (χ3n) is 6.42. The zero-order valence-corrected chi connectivity index (χ0v) is 19.3. The number of rotatable bonds is 6. The van der Waals surface area contributed by atoms with Gasteiger partial charge < -0.3 is 24.8 Å². The van der Waals surface area contributed by atoms with Gasteiger partial charge in [-0.15, -0.1) is 0 Å². The van der Waals surface area contributed by atoms with Crippen molar-refractivity contribution in [3.8, 4) is 5.75 Å². The quantitative estimate of drug-likeness (QED) is 0.594. The lowest BCUT2D eigenvalue weighted by Crippen LogP contribution is -2.37. The number of nitrogens with one attached hydrogen (secondary N) is 2. The van der Waals surface area contributed by atoms with Crippen LogP contribution in [0.15, 0.2) is 30.6 Å². The number of hydrogen-bond acceptors (Lipinski definition) is 7. The topological polar surface area (TPSA) is 97.2 Å². The van der Waals surface area contributed by atoms with Gasteiger partial charge in [-0.1, -0.05) is 12.8 Å². The average Bonchev–Trinajstić information content (AvgIpc) is 3.48. The third-order valence-corrected chi connectivity index (χ3v) is 6.42. The zero-order chi connectivity index (χ0) is 22.8. The van der Waals surface area contributed by atoms with Gasteiger partial charge in [-0.25, -0.2) is 9.97 Å². The molecule has 9 heteroatoms. The largest absolute Gasteiger partial charge is 0.487 e. The lowest BCUT2D eigenvalue weighted by atomic mass is 10.1. The summed E-state index contributed by atoms with van der Waals surface area (Å²) in [6.07, 6.45) is 10.3. The molecule has 3 aromatic rings. The van der Waals surface area contributed by atoms with E-state index in [-0.39, 0.29) is 18.1 Å². The number of pyridine rings is 1. The summed E-state index contributed by atoms with van der Waals surface area (Å²) in [4.78, 5) is 28.2. The fraction of sp³-hybridized carbons (Fsp3) is 0.500. The summed E-state index contributed by atoms with van der Waals surface area (Å²) in [7, 11) is 3.56. The van der Waals surface area contributed by atoms with E-state index < -0.39 is 0 Å². The molecule has 1 amide bonds. The molecule has 1 aliphatic heterocycles. The van der Waals surface area contributed by atoms with Crippen LogP contribution in [-0.4, -0.2) is 63.6 Å². The zero-order valence-electron chi connectivity index (χ0n) is 19.3. The summed E-state index contributed by atoms with van der Waals surface area (Å²) in [6.45, 7) is 1.92. The third kappa shape index (κ3) is 4.64. The second-order valence-electron chi connectivity index (χ2n) is 9.10. The molecule has 1 atom stereocenters.